The summed E-state index contributed by atoms with van der Waals surface area (Å²) in [6.07, 6.45) is 1.56. The summed E-state index contributed by atoms with van der Waals surface area (Å²) in [5.41, 5.74) is 2.49. The Morgan fingerprint density at radius 1 is 1.07 bits per heavy atom. The molecule has 2 heterocycles. The number of fused-ring (bicyclic) bond motifs is 1. The molecule has 3 aromatic rings. The third-order valence-electron chi connectivity index (χ3n) is 5.10. The highest BCUT2D eigenvalue weighted by molar-refractivity contribution is 6.31. The van der Waals surface area contributed by atoms with Gasteiger partial charge in [-0.3, -0.25) is 4.79 Å². The molecule has 0 bridgehead atoms. The minimum atomic E-state index is 0.0253. The van der Waals surface area contributed by atoms with Gasteiger partial charge in [0.2, 0.25) is 0 Å². The third-order valence-corrected chi connectivity index (χ3v) is 5.33. The van der Waals surface area contributed by atoms with Crippen LogP contribution in [0, 0.1) is 6.92 Å². The molecule has 0 unspecified atom stereocenters. The SMILES string of the molecule is COc1cc(C(=O)N2CCN(c3ncnc4cc(Cl)ccc34)CC2)ccc1C. The van der Waals surface area contributed by atoms with Crippen molar-refractivity contribution in [3.05, 3.63) is 58.9 Å². The molecule has 1 amide bonds. The third kappa shape index (κ3) is 3.47. The lowest BCUT2D eigenvalue weighted by atomic mass is 10.1. The fourth-order valence-corrected chi connectivity index (χ4v) is 3.69. The minimum Gasteiger partial charge on any atom is -0.496 e. The zero-order chi connectivity index (χ0) is 19.7. The number of hydrogen-bond acceptors (Lipinski definition) is 5. The zero-order valence-electron chi connectivity index (χ0n) is 15.9. The molecule has 0 spiro atoms. The van der Waals surface area contributed by atoms with Crippen molar-refractivity contribution in [3.8, 4) is 5.75 Å². The van der Waals surface area contributed by atoms with Gasteiger partial charge in [0.25, 0.3) is 5.91 Å². The summed E-state index contributed by atoms with van der Waals surface area (Å²) >= 11 is 6.07. The fraction of sp³-hybridized carbons (Fsp3) is 0.286. The molecule has 0 aliphatic carbocycles. The van der Waals surface area contributed by atoms with Crippen molar-refractivity contribution in [2.24, 2.45) is 0 Å². The van der Waals surface area contributed by atoms with Crippen LogP contribution in [0.2, 0.25) is 5.02 Å². The van der Waals surface area contributed by atoms with E-state index in [1.54, 1.807) is 13.4 Å². The number of carbonyl (C=O) groups excluding carboxylic acids is 1. The molecule has 2 aromatic carbocycles. The summed E-state index contributed by atoms with van der Waals surface area (Å²) in [6.45, 7) is 4.65. The minimum absolute atomic E-state index is 0.0253. The Bertz CT molecular complexity index is 1030. The second-order valence-corrected chi connectivity index (χ2v) is 7.26. The van der Waals surface area contributed by atoms with E-state index in [9.17, 15) is 4.79 Å². The molecule has 0 radical (unpaired) electrons. The summed E-state index contributed by atoms with van der Waals surface area (Å²) in [7, 11) is 1.62. The Kier molecular flexibility index (Phi) is 5.05. The molecule has 1 fully saturated rings. The Morgan fingerprint density at radius 2 is 1.86 bits per heavy atom. The van der Waals surface area contributed by atoms with Crippen molar-refractivity contribution in [2.45, 2.75) is 6.92 Å². The van der Waals surface area contributed by atoms with Crippen LogP contribution in [0.25, 0.3) is 10.9 Å². The monoisotopic (exact) mass is 396 g/mol. The van der Waals surface area contributed by atoms with Crippen molar-refractivity contribution in [3.63, 3.8) is 0 Å². The summed E-state index contributed by atoms with van der Waals surface area (Å²) < 4.78 is 5.34. The molecule has 1 saturated heterocycles. The van der Waals surface area contributed by atoms with Gasteiger partial charge in [-0.2, -0.15) is 0 Å². The maximum atomic E-state index is 12.9. The van der Waals surface area contributed by atoms with Crippen LogP contribution in [0.3, 0.4) is 0 Å². The van der Waals surface area contributed by atoms with E-state index in [1.165, 1.54) is 0 Å². The van der Waals surface area contributed by atoms with Crippen LogP contribution in [0.4, 0.5) is 5.82 Å². The molecular formula is C21H21ClN4O2. The number of carbonyl (C=O) groups is 1. The van der Waals surface area contributed by atoms with E-state index < -0.39 is 0 Å². The Hall–Kier alpha value is -2.86. The standard InChI is InChI=1S/C21H21ClN4O2/c1-14-3-4-15(11-19(14)28-2)21(27)26-9-7-25(8-10-26)20-17-6-5-16(22)12-18(17)23-13-24-20/h3-6,11-13H,7-10H2,1-2H3. The van der Waals surface area contributed by atoms with Crippen LogP contribution < -0.4 is 9.64 Å². The average Bonchev–Trinajstić information content (AvgIpc) is 2.73. The molecule has 1 aliphatic heterocycles. The Balaban J connectivity index is 1.50. The maximum absolute atomic E-state index is 12.9. The number of amides is 1. The van der Waals surface area contributed by atoms with Crippen LogP contribution in [-0.2, 0) is 0 Å². The van der Waals surface area contributed by atoms with Crippen LogP contribution in [-0.4, -0.2) is 54.1 Å². The number of nitrogens with zero attached hydrogens (tertiary/aromatic N) is 4. The van der Waals surface area contributed by atoms with Gasteiger partial charge in [0, 0.05) is 42.2 Å². The number of rotatable bonds is 3. The molecule has 4 rings (SSSR count). The number of benzene rings is 2. The molecule has 144 valence electrons. The number of hydrogen-bond donors (Lipinski definition) is 0. The number of anilines is 1. The lowest BCUT2D eigenvalue weighted by Gasteiger charge is -2.35. The highest BCUT2D eigenvalue weighted by atomic mass is 35.5. The molecule has 28 heavy (non-hydrogen) atoms. The first kappa shape index (κ1) is 18.5. The first-order valence-corrected chi connectivity index (χ1v) is 9.54. The quantitative estimate of drug-likeness (QED) is 0.677. The van der Waals surface area contributed by atoms with Crippen LogP contribution in [0.5, 0.6) is 5.75 Å². The number of aryl methyl sites for hydroxylation is 1. The summed E-state index contributed by atoms with van der Waals surface area (Å²) in [5.74, 6) is 1.64. The summed E-state index contributed by atoms with van der Waals surface area (Å²) in [6, 6.07) is 11.2. The van der Waals surface area contributed by atoms with Crippen molar-refractivity contribution < 1.29 is 9.53 Å². The van der Waals surface area contributed by atoms with Gasteiger partial charge in [0.15, 0.2) is 0 Å². The van der Waals surface area contributed by atoms with Crippen molar-refractivity contribution >= 4 is 34.2 Å². The van der Waals surface area contributed by atoms with E-state index in [0.717, 1.165) is 28.0 Å². The van der Waals surface area contributed by atoms with Crippen molar-refractivity contribution in [1.82, 2.24) is 14.9 Å². The number of halogens is 1. The van der Waals surface area contributed by atoms with E-state index in [2.05, 4.69) is 14.9 Å². The van der Waals surface area contributed by atoms with Gasteiger partial charge >= 0.3 is 0 Å². The van der Waals surface area contributed by atoms with E-state index in [0.29, 0.717) is 36.8 Å². The van der Waals surface area contributed by atoms with Gasteiger partial charge in [-0.05, 0) is 42.8 Å². The second kappa shape index (κ2) is 7.64. The van der Waals surface area contributed by atoms with Gasteiger partial charge in [-0.15, -0.1) is 0 Å². The van der Waals surface area contributed by atoms with Crippen molar-refractivity contribution in [1.29, 1.82) is 0 Å². The first-order chi connectivity index (χ1) is 13.6. The summed E-state index contributed by atoms with van der Waals surface area (Å²) in [4.78, 5) is 25.7. The molecule has 1 aliphatic rings. The predicted octanol–water partition coefficient (Wildman–Crippen LogP) is 3.56. The van der Waals surface area contributed by atoms with Gasteiger partial charge in [-0.25, -0.2) is 9.97 Å². The molecule has 0 N–H and O–H groups in total. The van der Waals surface area contributed by atoms with E-state index in [-0.39, 0.29) is 5.91 Å². The topological polar surface area (TPSA) is 58.6 Å². The van der Waals surface area contributed by atoms with Gasteiger partial charge in [-0.1, -0.05) is 17.7 Å². The number of aromatic nitrogens is 2. The molecule has 0 saturated carbocycles. The van der Waals surface area contributed by atoms with Crippen LogP contribution in [0.1, 0.15) is 15.9 Å². The highest BCUT2D eigenvalue weighted by Gasteiger charge is 2.24. The lowest BCUT2D eigenvalue weighted by molar-refractivity contribution is 0.0746. The predicted molar refractivity (Wildman–Crippen MR) is 110 cm³/mol. The van der Waals surface area contributed by atoms with Crippen LogP contribution >= 0.6 is 11.6 Å². The van der Waals surface area contributed by atoms with E-state index >= 15 is 0 Å². The number of ether oxygens (including phenoxy) is 1. The fourth-order valence-electron chi connectivity index (χ4n) is 3.52. The Morgan fingerprint density at radius 3 is 2.61 bits per heavy atom. The smallest absolute Gasteiger partial charge is 0.254 e. The van der Waals surface area contributed by atoms with E-state index in [4.69, 9.17) is 16.3 Å². The first-order valence-electron chi connectivity index (χ1n) is 9.16. The zero-order valence-corrected chi connectivity index (χ0v) is 16.6. The van der Waals surface area contributed by atoms with Gasteiger partial charge < -0.3 is 14.5 Å². The van der Waals surface area contributed by atoms with E-state index in [1.807, 2.05) is 48.2 Å². The largest absolute Gasteiger partial charge is 0.496 e. The molecular weight excluding hydrogens is 376 g/mol. The highest BCUT2D eigenvalue weighted by Crippen LogP contribution is 2.26. The van der Waals surface area contributed by atoms with Gasteiger partial charge in [0.1, 0.15) is 17.9 Å². The van der Waals surface area contributed by atoms with Crippen molar-refractivity contribution in [2.75, 3.05) is 38.2 Å². The Labute approximate surface area is 168 Å². The van der Waals surface area contributed by atoms with Crippen LogP contribution in [0.15, 0.2) is 42.7 Å². The normalized spacial score (nSPS) is 14.4. The second-order valence-electron chi connectivity index (χ2n) is 6.82. The lowest BCUT2D eigenvalue weighted by Crippen LogP contribution is -2.49. The number of methoxy groups -OCH3 is 1. The number of piperazine rings is 1. The average molecular weight is 397 g/mol. The summed E-state index contributed by atoms with van der Waals surface area (Å²) in [5, 5.41) is 1.62. The molecule has 0 atom stereocenters. The van der Waals surface area contributed by atoms with Gasteiger partial charge in [0.05, 0.1) is 12.6 Å². The molecule has 7 heteroatoms. The maximum Gasteiger partial charge on any atom is 0.254 e. The molecule has 1 aromatic heterocycles. The molecule has 6 nitrogen and oxygen atoms in total.